The number of hydrogen-bond acceptors (Lipinski definition) is 3. The summed E-state index contributed by atoms with van der Waals surface area (Å²) in [7, 11) is 0. The van der Waals surface area contributed by atoms with Gasteiger partial charge < -0.3 is 14.6 Å². The van der Waals surface area contributed by atoms with Crippen LogP contribution in [-0.2, 0) is 9.47 Å². The SMILES string of the molecule is CCOCOC(C1CC2C3C=CC(C3)C2C1O)(C(F)(F)F)C(F)(F)F. The molecule has 25 heavy (non-hydrogen) atoms. The third kappa shape index (κ3) is 2.70. The van der Waals surface area contributed by atoms with Gasteiger partial charge in [-0.15, -0.1) is 0 Å². The van der Waals surface area contributed by atoms with Gasteiger partial charge in [0.2, 0.25) is 0 Å². The first-order valence-electron chi connectivity index (χ1n) is 8.26. The molecule has 0 radical (unpaired) electrons. The van der Waals surface area contributed by atoms with Crippen molar-refractivity contribution in [2.45, 2.75) is 43.8 Å². The van der Waals surface area contributed by atoms with Crippen molar-refractivity contribution in [1.82, 2.24) is 0 Å². The summed E-state index contributed by atoms with van der Waals surface area (Å²) in [5.74, 6) is -3.30. The van der Waals surface area contributed by atoms with Crippen LogP contribution in [0.5, 0.6) is 0 Å². The average Bonchev–Trinajstić information content (AvgIpc) is 3.14. The second-order valence-corrected chi connectivity index (χ2v) is 7.01. The molecule has 0 amide bonds. The molecule has 6 atom stereocenters. The maximum atomic E-state index is 13.7. The fourth-order valence-electron chi connectivity index (χ4n) is 4.98. The van der Waals surface area contributed by atoms with E-state index in [1.165, 1.54) is 6.92 Å². The smallest absolute Gasteiger partial charge is 0.392 e. The molecule has 2 fully saturated rings. The second kappa shape index (κ2) is 6.13. The highest BCUT2D eigenvalue weighted by atomic mass is 19.4. The molecule has 0 aromatic rings. The third-order valence-electron chi connectivity index (χ3n) is 5.96. The summed E-state index contributed by atoms with van der Waals surface area (Å²) in [6.45, 7) is 0.210. The van der Waals surface area contributed by atoms with E-state index >= 15 is 0 Å². The Labute approximate surface area is 141 Å². The second-order valence-electron chi connectivity index (χ2n) is 7.01. The highest BCUT2D eigenvalue weighted by Crippen LogP contribution is 2.63. The number of hydrogen-bond donors (Lipinski definition) is 1. The molecule has 6 unspecified atom stereocenters. The van der Waals surface area contributed by atoms with E-state index in [9.17, 15) is 31.4 Å². The van der Waals surface area contributed by atoms with Crippen LogP contribution in [0.15, 0.2) is 12.2 Å². The van der Waals surface area contributed by atoms with Gasteiger partial charge in [-0.2, -0.15) is 26.3 Å². The van der Waals surface area contributed by atoms with Crippen LogP contribution in [0.25, 0.3) is 0 Å². The van der Waals surface area contributed by atoms with Crippen molar-refractivity contribution in [3.8, 4) is 0 Å². The topological polar surface area (TPSA) is 38.7 Å². The Balaban J connectivity index is 1.97. The molecule has 3 nitrogen and oxygen atoms in total. The number of halogens is 6. The summed E-state index contributed by atoms with van der Waals surface area (Å²) in [6, 6.07) is 0. The zero-order valence-corrected chi connectivity index (χ0v) is 13.5. The molecule has 3 rings (SSSR count). The van der Waals surface area contributed by atoms with Crippen LogP contribution >= 0.6 is 0 Å². The summed E-state index contributed by atoms with van der Waals surface area (Å²) in [5, 5.41) is 10.4. The van der Waals surface area contributed by atoms with Gasteiger partial charge in [-0.3, -0.25) is 0 Å². The monoisotopic (exact) mass is 374 g/mol. The predicted octanol–water partition coefficient (Wildman–Crippen LogP) is 3.68. The Morgan fingerprint density at radius 3 is 2.12 bits per heavy atom. The molecule has 0 aromatic heterocycles. The van der Waals surface area contributed by atoms with Gasteiger partial charge in [0.1, 0.15) is 6.79 Å². The summed E-state index contributed by atoms with van der Waals surface area (Å²) in [5.41, 5.74) is -4.43. The minimum atomic E-state index is -5.72. The van der Waals surface area contributed by atoms with Crippen molar-refractivity contribution in [1.29, 1.82) is 0 Å². The van der Waals surface area contributed by atoms with Gasteiger partial charge >= 0.3 is 12.4 Å². The molecular weight excluding hydrogens is 354 g/mol. The first kappa shape index (κ1) is 19.0. The number of aliphatic hydroxyl groups is 1. The van der Waals surface area contributed by atoms with E-state index in [1.807, 2.05) is 6.08 Å². The molecule has 0 saturated heterocycles. The lowest BCUT2D eigenvalue weighted by Crippen LogP contribution is -2.65. The Hall–Kier alpha value is -0.800. The first-order valence-corrected chi connectivity index (χ1v) is 8.26. The Bertz CT molecular complexity index is 515. The van der Waals surface area contributed by atoms with Crippen LogP contribution in [0.2, 0.25) is 0 Å². The lowest BCUT2D eigenvalue weighted by atomic mass is 9.79. The molecular formula is C16H20F6O3. The van der Waals surface area contributed by atoms with Crippen molar-refractivity contribution < 1.29 is 40.9 Å². The number of ether oxygens (including phenoxy) is 2. The van der Waals surface area contributed by atoms with E-state index in [4.69, 9.17) is 0 Å². The number of aliphatic hydroxyl groups excluding tert-OH is 1. The zero-order valence-electron chi connectivity index (χ0n) is 13.5. The van der Waals surface area contributed by atoms with Crippen molar-refractivity contribution in [3.63, 3.8) is 0 Å². The summed E-state index contributed by atoms with van der Waals surface area (Å²) in [6.07, 6.45) is -9.23. The van der Waals surface area contributed by atoms with E-state index in [0.29, 0.717) is 6.42 Å². The van der Waals surface area contributed by atoms with E-state index in [0.717, 1.165) is 0 Å². The largest absolute Gasteiger partial charge is 0.426 e. The highest BCUT2D eigenvalue weighted by Gasteiger charge is 2.79. The van der Waals surface area contributed by atoms with Crippen LogP contribution in [0, 0.1) is 29.6 Å². The van der Waals surface area contributed by atoms with Gasteiger partial charge in [0.15, 0.2) is 0 Å². The molecule has 144 valence electrons. The number of alkyl halides is 6. The average molecular weight is 374 g/mol. The molecule has 3 aliphatic carbocycles. The lowest BCUT2D eigenvalue weighted by Gasteiger charge is -2.43. The molecule has 3 aliphatic rings. The molecule has 9 heteroatoms. The number of rotatable bonds is 5. The van der Waals surface area contributed by atoms with Gasteiger partial charge in [-0.1, -0.05) is 12.2 Å². The summed E-state index contributed by atoms with van der Waals surface area (Å²) < 4.78 is 91.1. The van der Waals surface area contributed by atoms with Crippen LogP contribution in [0.3, 0.4) is 0 Å². The third-order valence-corrected chi connectivity index (χ3v) is 5.96. The Morgan fingerprint density at radius 2 is 1.60 bits per heavy atom. The van der Waals surface area contributed by atoms with Crippen molar-refractivity contribution in [2.24, 2.45) is 29.6 Å². The minimum Gasteiger partial charge on any atom is -0.392 e. The van der Waals surface area contributed by atoms with Gasteiger partial charge in [0.05, 0.1) is 6.10 Å². The lowest BCUT2D eigenvalue weighted by molar-refractivity contribution is -0.413. The summed E-state index contributed by atoms with van der Waals surface area (Å²) >= 11 is 0. The normalized spacial score (nSPS) is 37.8. The van der Waals surface area contributed by atoms with Gasteiger partial charge in [-0.05, 0) is 43.4 Å². The quantitative estimate of drug-likeness (QED) is 0.345. The number of allylic oxidation sites excluding steroid dienone is 2. The molecule has 0 aliphatic heterocycles. The predicted molar refractivity (Wildman–Crippen MR) is 74.2 cm³/mol. The van der Waals surface area contributed by atoms with Crippen molar-refractivity contribution in [3.05, 3.63) is 12.2 Å². The molecule has 1 N–H and O–H groups in total. The minimum absolute atomic E-state index is 0.0688. The van der Waals surface area contributed by atoms with Crippen LogP contribution in [-0.4, -0.2) is 42.6 Å². The fourth-order valence-corrected chi connectivity index (χ4v) is 4.98. The standard InChI is InChI=1S/C16H20F6O3/c1-2-24-7-25-14(15(17,18)19,16(20,21)22)11-6-10-8-3-4-9(5-8)12(10)13(11)23/h3-4,8-13,23H,2,5-7H2,1H3. The Kier molecular flexibility index (Phi) is 4.65. The van der Waals surface area contributed by atoms with Crippen LogP contribution < -0.4 is 0 Å². The van der Waals surface area contributed by atoms with Crippen molar-refractivity contribution in [2.75, 3.05) is 13.4 Å². The van der Waals surface area contributed by atoms with Gasteiger partial charge in [-0.25, -0.2) is 0 Å². The molecule has 0 aromatic carbocycles. The highest BCUT2D eigenvalue weighted by molar-refractivity contribution is 5.21. The van der Waals surface area contributed by atoms with Crippen molar-refractivity contribution >= 4 is 0 Å². The maximum absolute atomic E-state index is 13.7. The van der Waals surface area contributed by atoms with Crippen LogP contribution in [0.1, 0.15) is 19.8 Å². The van der Waals surface area contributed by atoms with E-state index in [2.05, 4.69) is 9.47 Å². The molecule has 0 spiro atoms. The number of fused-ring (bicyclic) bond motifs is 5. The maximum Gasteiger partial charge on any atom is 0.426 e. The van der Waals surface area contributed by atoms with Gasteiger partial charge in [0, 0.05) is 12.5 Å². The zero-order chi connectivity index (χ0) is 18.6. The van der Waals surface area contributed by atoms with Gasteiger partial charge in [0.25, 0.3) is 5.60 Å². The summed E-state index contributed by atoms with van der Waals surface area (Å²) in [4.78, 5) is 0. The molecule has 2 saturated carbocycles. The molecule has 0 heterocycles. The van der Waals surface area contributed by atoms with E-state index in [1.54, 1.807) is 6.08 Å². The fraction of sp³-hybridized carbons (Fsp3) is 0.875. The Morgan fingerprint density at radius 1 is 1.00 bits per heavy atom. The van der Waals surface area contributed by atoms with E-state index < -0.39 is 42.7 Å². The molecule has 2 bridgehead atoms. The van der Waals surface area contributed by atoms with Crippen LogP contribution in [0.4, 0.5) is 26.3 Å². The first-order chi connectivity index (χ1) is 11.5. The van der Waals surface area contributed by atoms with E-state index in [-0.39, 0.29) is 30.8 Å².